The minimum absolute atomic E-state index is 0.185. The van der Waals surface area contributed by atoms with Gasteiger partial charge in [0.15, 0.2) is 0 Å². The predicted octanol–water partition coefficient (Wildman–Crippen LogP) is 2.35. The van der Waals surface area contributed by atoms with Crippen molar-refractivity contribution in [3.05, 3.63) is 71.8 Å². The smallest absolute Gasteiger partial charge is 0.303 e. The van der Waals surface area contributed by atoms with Gasteiger partial charge < -0.3 is 31.5 Å². The molecule has 2 aromatic carbocycles. The molecule has 12 heteroatoms. The molecule has 2 unspecified atom stereocenters. The molecule has 2 atom stereocenters. The highest BCUT2D eigenvalue weighted by Gasteiger charge is 2.35. The number of carbonyl (C=O) groups excluding carboxylic acids is 4. The Kier molecular flexibility index (Phi) is 13.7. The number of amides is 4. The van der Waals surface area contributed by atoms with Crippen LogP contribution in [0.5, 0.6) is 0 Å². The molecule has 2 aromatic rings. The molecule has 0 fully saturated rings. The number of hydrogen-bond acceptors (Lipinski definition) is 6. The van der Waals surface area contributed by atoms with Gasteiger partial charge in [-0.1, -0.05) is 60.7 Å². The first kappa shape index (κ1) is 36.5. The lowest BCUT2D eigenvalue weighted by Crippen LogP contribution is -2.59. The molecule has 0 aliphatic carbocycles. The molecule has 0 radical (unpaired) electrons. The van der Waals surface area contributed by atoms with Crippen LogP contribution >= 0.6 is 0 Å². The number of aliphatic carboxylic acids is 2. The van der Waals surface area contributed by atoms with Crippen LogP contribution in [0.25, 0.3) is 0 Å². The van der Waals surface area contributed by atoms with Crippen LogP contribution in [0, 0.1) is 0 Å². The SMILES string of the molecule is CC(C)(CC(C)(C)NC(=O)C(Cc1ccccc1)NC(=O)CCC(=O)O)NC(=O)C(Cc1ccccc1)NC(=O)CCC(=O)O. The molecular formula is C33H44N4O8. The van der Waals surface area contributed by atoms with Gasteiger partial charge in [-0.2, -0.15) is 0 Å². The molecule has 0 aliphatic rings. The monoisotopic (exact) mass is 624 g/mol. The second-order valence-electron chi connectivity index (χ2n) is 12.3. The number of hydrogen-bond donors (Lipinski definition) is 6. The number of carbonyl (C=O) groups is 6. The van der Waals surface area contributed by atoms with Crippen LogP contribution in [0.4, 0.5) is 0 Å². The van der Waals surface area contributed by atoms with E-state index in [2.05, 4.69) is 21.3 Å². The summed E-state index contributed by atoms with van der Waals surface area (Å²) in [6.45, 7) is 7.11. The summed E-state index contributed by atoms with van der Waals surface area (Å²) in [5.74, 6) is -4.30. The Bertz CT molecular complexity index is 1230. The van der Waals surface area contributed by atoms with E-state index in [-0.39, 0.29) is 44.9 Å². The van der Waals surface area contributed by atoms with Gasteiger partial charge in [0, 0.05) is 36.8 Å². The lowest BCUT2D eigenvalue weighted by Gasteiger charge is -2.38. The van der Waals surface area contributed by atoms with Gasteiger partial charge in [0.25, 0.3) is 0 Å². The quantitative estimate of drug-likeness (QED) is 0.146. The van der Waals surface area contributed by atoms with Crippen molar-refractivity contribution in [2.45, 2.75) is 95.8 Å². The Morgan fingerprint density at radius 2 is 0.911 bits per heavy atom. The molecule has 45 heavy (non-hydrogen) atoms. The van der Waals surface area contributed by atoms with Crippen LogP contribution < -0.4 is 21.3 Å². The van der Waals surface area contributed by atoms with Crippen molar-refractivity contribution in [1.29, 1.82) is 0 Å². The van der Waals surface area contributed by atoms with Crippen molar-refractivity contribution in [1.82, 2.24) is 21.3 Å². The van der Waals surface area contributed by atoms with E-state index in [1.54, 1.807) is 27.7 Å². The standard InChI is InChI=1S/C33H44N4O8/c1-32(2,36-30(44)24(19-22-11-7-5-8-12-22)34-26(38)15-17-28(40)41)21-33(3,4)37-31(45)25(20-23-13-9-6-10-14-23)35-27(39)16-18-29(42)43/h5-14,24-25H,15-21H2,1-4H3,(H,34,38)(H,35,39)(H,36,44)(H,37,45)(H,40,41)(H,42,43). The molecule has 0 saturated carbocycles. The molecule has 4 amide bonds. The molecular weight excluding hydrogens is 580 g/mol. The molecule has 0 spiro atoms. The molecule has 0 aliphatic heterocycles. The Hall–Kier alpha value is -4.74. The Labute approximate surface area is 263 Å². The maximum atomic E-state index is 13.5. The minimum Gasteiger partial charge on any atom is -0.481 e. The van der Waals surface area contributed by atoms with Crippen molar-refractivity contribution >= 4 is 35.6 Å². The molecule has 6 N–H and O–H groups in total. The summed E-state index contributed by atoms with van der Waals surface area (Å²) < 4.78 is 0. The largest absolute Gasteiger partial charge is 0.481 e. The van der Waals surface area contributed by atoms with Gasteiger partial charge >= 0.3 is 11.9 Å². The third-order valence-corrected chi connectivity index (χ3v) is 6.81. The maximum Gasteiger partial charge on any atom is 0.303 e. The van der Waals surface area contributed by atoms with Crippen molar-refractivity contribution in [2.24, 2.45) is 0 Å². The number of nitrogens with one attached hydrogen (secondary N) is 4. The van der Waals surface area contributed by atoms with Crippen LogP contribution in [0.1, 0.15) is 70.9 Å². The second-order valence-corrected chi connectivity index (χ2v) is 12.3. The van der Waals surface area contributed by atoms with E-state index in [0.717, 1.165) is 11.1 Å². The van der Waals surface area contributed by atoms with E-state index in [4.69, 9.17) is 10.2 Å². The lowest BCUT2D eigenvalue weighted by atomic mass is 9.86. The van der Waals surface area contributed by atoms with Gasteiger partial charge in [-0.15, -0.1) is 0 Å². The van der Waals surface area contributed by atoms with E-state index >= 15 is 0 Å². The van der Waals surface area contributed by atoms with Gasteiger partial charge in [-0.3, -0.25) is 28.8 Å². The van der Waals surface area contributed by atoms with E-state index in [0.29, 0.717) is 0 Å². The molecule has 12 nitrogen and oxygen atoms in total. The normalized spacial score (nSPS) is 12.7. The summed E-state index contributed by atoms with van der Waals surface area (Å²) in [4.78, 5) is 73.7. The summed E-state index contributed by atoms with van der Waals surface area (Å²) in [5.41, 5.74) is -0.157. The summed E-state index contributed by atoms with van der Waals surface area (Å²) in [7, 11) is 0. The molecule has 0 heterocycles. The van der Waals surface area contributed by atoms with Gasteiger partial charge in [-0.05, 0) is 45.2 Å². The van der Waals surface area contributed by atoms with Crippen LogP contribution in [0.2, 0.25) is 0 Å². The number of carboxylic acid groups (broad SMARTS) is 2. The zero-order valence-corrected chi connectivity index (χ0v) is 26.2. The highest BCUT2D eigenvalue weighted by molar-refractivity contribution is 5.90. The first-order chi connectivity index (χ1) is 21.0. The Balaban J connectivity index is 2.13. The van der Waals surface area contributed by atoms with Crippen molar-refractivity contribution < 1.29 is 39.0 Å². The molecule has 2 rings (SSSR count). The van der Waals surface area contributed by atoms with Crippen LogP contribution in [-0.2, 0) is 41.6 Å². The van der Waals surface area contributed by atoms with Gasteiger partial charge in [0.2, 0.25) is 23.6 Å². The molecule has 0 bridgehead atoms. The highest BCUT2D eigenvalue weighted by Crippen LogP contribution is 2.21. The molecule has 0 saturated heterocycles. The maximum absolute atomic E-state index is 13.5. The lowest BCUT2D eigenvalue weighted by molar-refractivity contribution is -0.139. The van der Waals surface area contributed by atoms with Crippen LogP contribution in [-0.4, -0.2) is 68.9 Å². The highest BCUT2D eigenvalue weighted by atomic mass is 16.4. The minimum atomic E-state index is -1.12. The third-order valence-electron chi connectivity index (χ3n) is 6.81. The first-order valence-electron chi connectivity index (χ1n) is 14.8. The number of carboxylic acids is 2. The Morgan fingerprint density at radius 1 is 0.578 bits per heavy atom. The summed E-state index contributed by atoms with van der Waals surface area (Å²) in [6.07, 6.45) is -0.643. The third kappa shape index (κ3) is 14.5. The fourth-order valence-corrected chi connectivity index (χ4v) is 5.13. The van der Waals surface area contributed by atoms with Gasteiger partial charge in [-0.25, -0.2) is 0 Å². The zero-order chi connectivity index (χ0) is 33.6. The number of rotatable bonds is 18. The predicted molar refractivity (Wildman–Crippen MR) is 167 cm³/mol. The van der Waals surface area contributed by atoms with Crippen molar-refractivity contribution in [3.8, 4) is 0 Å². The van der Waals surface area contributed by atoms with Crippen molar-refractivity contribution in [2.75, 3.05) is 0 Å². The second kappa shape index (κ2) is 16.9. The van der Waals surface area contributed by atoms with Crippen LogP contribution in [0.15, 0.2) is 60.7 Å². The topological polar surface area (TPSA) is 191 Å². The summed E-state index contributed by atoms with van der Waals surface area (Å²) in [5, 5.41) is 29.1. The van der Waals surface area contributed by atoms with Gasteiger partial charge in [0.05, 0.1) is 12.8 Å². The summed E-state index contributed by atoms with van der Waals surface area (Å²) >= 11 is 0. The van der Waals surface area contributed by atoms with E-state index < -0.39 is 58.7 Å². The fraction of sp³-hybridized carbons (Fsp3) is 0.455. The number of benzene rings is 2. The van der Waals surface area contributed by atoms with Crippen LogP contribution in [0.3, 0.4) is 0 Å². The fourth-order valence-electron chi connectivity index (χ4n) is 5.13. The Morgan fingerprint density at radius 3 is 1.22 bits per heavy atom. The molecule has 244 valence electrons. The average molecular weight is 625 g/mol. The van der Waals surface area contributed by atoms with E-state index in [1.807, 2.05) is 60.7 Å². The first-order valence-corrected chi connectivity index (χ1v) is 14.8. The molecule has 0 aromatic heterocycles. The van der Waals surface area contributed by atoms with Crippen molar-refractivity contribution in [3.63, 3.8) is 0 Å². The van der Waals surface area contributed by atoms with Gasteiger partial charge in [0.1, 0.15) is 12.1 Å². The summed E-state index contributed by atoms with van der Waals surface area (Å²) in [6, 6.07) is 16.2. The zero-order valence-electron chi connectivity index (χ0n) is 26.2. The van der Waals surface area contributed by atoms with E-state index in [9.17, 15) is 28.8 Å². The van der Waals surface area contributed by atoms with E-state index in [1.165, 1.54) is 0 Å². The average Bonchev–Trinajstić information content (AvgIpc) is 2.94.